The quantitative estimate of drug-likeness (QED) is 0.804. The van der Waals surface area contributed by atoms with Gasteiger partial charge in [0.15, 0.2) is 11.6 Å². The van der Waals surface area contributed by atoms with Gasteiger partial charge in [0.1, 0.15) is 18.5 Å². The predicted molar refractivity (Wildman–Crippen MR) is 87.7 cm³/mol. The van der Waals surface area contributed by atoms with Crippen molar-refractivity contribution in [3.8, 4) is 5.75 Å². The summed E-state index contributed by atoms with van der Waals surface area (Å²) in [5.41, 5.74) is 0.617. The van der Waals surface area contributed by atoms with Crippen molar-refractivity contribution in [3.05, 3.63) is 65.7 Å². The van der Waals surface area contributed by atoms with E-state index in [0.717, 1.165) is 12.8 Å². The first-order chi connectivity index (χ1) is 11.6. The molecular formula is C19H21F2NO2. The molecule has 3 nitrogen and oxygen atoms in total. The highest BCUT2D eigenvalue weighted by Gasteiger charge is 2.30. The van der Waals surface area contributed by atoms with E-state index in [1.165, 1.54) is 18.2 Å². The van der Waals surface area contributed by atoms with Gasteiger partial charge in [0.2, 0.25) is 0 Å². The number of nitrogens with zero attached hydrogens (tertiary/aromatic N) is 1. The summed E-state index contributed by atoms with van der Waals surface area (Å²) < 4.78 is 32.7. The molecule has 1 fully saturated rings. The highest BCUT2D eigenvalue weighted by molar-refractivity contribution is 5.23. The Balaban J connectivity index is 1.55. The topological polar surface area (TPSA) is 32.7 Å². The third-order valence-electron chi connectivity index (χ3n) is 4.11. The van der Waals surface area contributed by atoms with Crippen molar-refractivity contribution in [1.29, 1.82) is 0 Å². The molecule has 0 aromatic heterocycles. The van der Waals surface area contributed by atoms with Crippen molar-refractivity contribution in [1.82, 2.24) is 4.90 Å². The second-order valence-corrected chi connectivity index (χ2v) is 6.15. The zero-order valence-corrected chi connectivity index (χ0v) is 13.4. The fourth-order valence-corrected chi connectivity index (χ4v) is 2.70. The average Bonchev–Trinajstić information content (AvgIpc) is 3.40. The Bertz CT molecular complexity index is 676. The van der Waals surface area contributed by atoms with Gasteiger partial charge in [0, 0.05) is 24.7 Å². The van der Waals surface area contributed by atoms with E-state index in [1.54, 1.807) is 30.3 Å². The molecule has 1 N–H and O–H groups in total. The maximum Gasteiger partial charge on any atom is 0.165 e. The summed E-state index contributed by atoms with van der Waals surface area (Å²) >= 11 is 0. The summed E-state index contributed by atoms with van der Waals surface area (Å²) in [5, 5.41) is 10.2. The third-order valence-corrected chi connectivity index (χ3v) is 4.11. The third kappa shape index (κ3) is 4.52. The Hall–Kier alpha value is -1.98. The van der Waals surface area contributed by atoms with Gasteiger partial charge in [-0.2, -0.15) is 0 Å². The molecule has 0 amide bonds. The molecule has 2 aromatic rings. The van der Waals surface area contributed by atoms with Gasteiger partial charge < -0.3 is 9.84 Å². The van der Waals surface area contributed by atoms with Gasteiger partial charge in [0.25, 0.3) is 0 Å². The minimum absolute atomic E-state index is 0.00141. The fourth-order valence-electron chi connectivity index (χ4n) is 2.70. The molecule has 0 spiro atoms. The number of ether oxygens (including phenoxy) is 1. The highest BCUT2D eigenvalue weighted by Crippen LogP contribution is 2.29. The Kier molecular flexibility index (Phi) is 5.43. The Morgan fingerprint density at radius 3 is 2.38 bits per heavy atom. The van der Waals surface area contributed by atoms with Crippen molar-refractivity contribution in [2.75, 3.05) is 13.2 Å². The van der Waals surface area contributed by atoms with E-state index < -0.39 is 11.9 Å². The molecule has 1 aliphatic rings. The van der Waals surface area contributed by atoms with Crippen molar-refractivity contribution >= 4 is 0 Å². The lowest BCUT2D eigenvalue weighted by molar-refractivity contribution is 0.0609. The van der Waals surface area contributed by atoms with Crippen LogP contribution < -0.4 is 4.74 Å². The van der Waals surface area contributed by atoms with Crippen LogP contribution >= 0.6 is 0 Å². The first-order valence-electron chi connectivity index (χ1n) is 8.16. The van der Waals surface area contributed by atoms with E-state index in [0.29, 0.717) is 24.7 Å². The Morgan fingerprint density at radius 2 is 1.71 bits per heavy atom. The first-order valence-corrected chi connectivity index (χ1v) is 8.16. The number of aliphatic hydroxyl groups excluding tert-OH is 1. The van der Waals surface area contributed by atoms with Crippen LogP contribution in [-0.2, 0) is 6.54 Å². The van der Waals surface area contributed by atoms with Crippen LogP contribution in [0.2, 0.25) is 0 Å². The zero-order valence-electron chi connectivity index (χ0n) is 13.4. The van der Waals surface area contributed by atoms with Gasteiger partial charge in [-0.3, -0.25) is 4.90 Å². The maximum atomic E-state index is 13.8. The molecular weight excluding hydrogens is 312 g/mol. The largest absolute Gasteiger partial charge is 0.488 e. The molecule has 128 valence electrons. The minimum atomic E-state index is -0.767. The van der Waals surface area contributed by atoms with Crippen molar-refractivity contribution in [2.45, 2.75) is 31.5 Å². The van der Waals surface area contributed by atoms with E-state index in [4.69, 9.17) is 4.74 Å². The molecule has 0 saturated heterocycles. The van der Waals surface area contributed by atoms with E-state index >= 15 is 0 Å². The normalized spacial score (nSPS) is 15.5. The predicted octanol–water partition coefficient (Wildman–Crippen LogP) is 3.37. The molecule has 0 bridgehead atoms. The highest BCUT2D eigenvalue weighted by atomic mass is 19.1. The number of rotatable bonds is 8. The molecule has 1 atom stereocenters. The van der Waals surface area contributed by atoms with Crippen LogP contribution in [0.1, 0.15) is 18.4 Å². The van der Waals surface area contributed by atoms with Crippen LogP contribution in [0.25, 0.3) is 0 Å². The SMILES string of the molecule is OC(COc1ccccc1F)CN(Cc1ccccc1F)C1CC1. The number of halogens is 2. The van der Waals surface area contributed by atoms with Crippen molar-refractivity contribution in [3.63, 3.8) is 0 Å². The molecule has 5 heteroatoms. The molecule has 1 aliphatic carbocycles. The molecule has 2 aromatic carbocycles. The van der Waals surface area contributed by atoms with Crippen molar-refractivity contribution < 1.29 is 18.6 Å². The van der Waals surface area contributed by atoms with Gasteiger partial charge in [0.05, 0.1) is 0 Å². The lowest BCUT2D eigenvalue weighted by atomic mass is 10.2. The second kappa shape index (κ2) is 7.73. The lowest BCUT2D eigenvalue weighted by Gasteiger charge is -2.25. The van der Waals surface area contributed by atoms with Crippen LogP contribution in [-0.4, -0.2) is 35.3 Å². The summed E-state index contributed by atoms with van der Waals surface area (Å²) in [4.78, 5) is 2.06. The van der Waals surface area contributed by atoms with Crippen LogP contribution in [0.5, 0.6) is 5.75 Å². The number of hydrogen-bond donors (Lipinski definition) is 1. The van der Waals surface area contributed by atoms with Crippen molar-refractivity contribution in [2.24, 2.45) is 0 Å². The van der Waals surface area contributed by atoms with Gasteiger partial charge in [-0.05, 0) is 31.0 Å². The fraction of sp³-hybridized carbons (Fsp3) is 0.368. The smallest absolute Gasteiger partial charge is 0.165 e. The van der Waals surface area contributed by atoms with Crippen LogP contribution in [0.4, 0.5) is 8.78 Å². The van der Waals surface area contributed by atoms with Gasteiger partial charge >= 0.3 is 0 Å². The number of aliphatic hydroxyl groups is 1. The van der Waals surface area contributed by atoms with Crippen LogP contribution in [0.3, 0.4) is 0 Å². The standard InChI is InChI=1S/C19H21F2NO2/c20-17-6-2-1-5-14(17)11-22(15-9-10-15)12-16(23)13-24-19-8-4-3-7-18(19)21/h1-8,15-16,23H,9-13H2. The average molecular weight is 333 g/mol. The molecule has 0 heterocycles. The Labute approximate surface area is 140 Å². The monoisotopic (exact) mass is 333 g/mol. The van der Waals surface area contributed by atoms with E-state index in [-0.39, 0.29) is 18.2 Å². The minimum Gasteiger partial charge on any atom is -0.488 e. The molecule has 1 saturated carbocycles. The molecule has 0 radical (unpaired) electrons. The van der Waals surface area contributed by atoms with Gasteiger partial charge in [-0.1, -0.05) is 30.3 Å². The molecule has 3 rings (SSSR count). The Morgan fingerprint density at radius 1 is 1.04 bits per heavy atom. The summed E-state index contributed by atoms with van der Waals surface area (Å²) in [7, 11) is 0. The lowest BCUT2D eigenvalue weighted by Crippen LogP contribution is -2.37. The molecule has 0 aliphatic heterocycles. The number of para-hydroxylation sites is 1. The summed E-state index contributed by atoms with van der Waals surface area (Å²) in [5.74, 6) is -0.557. The van der Waals surface area contributed by atoms with Gasteiger partial charge in [-0.15, -0.1) is 0 Å². The van der Waals surface area contributed by atoms with E-state index in [2.05, 4.69) is 4.90 Å². The molecule has 1 unspecified atom stereocenters. The van der Waals surface area contributed by atoms with E-state index in [9.17, 15) is 13.9 Å². The first kappa shape index (κ1) is 16.9. The number of hydrogen-bond acceptors (Lipinski definition) is 3. The maximum absolute atomic E-state index is 13.8. The van der Waals surface area contributed by atoms with Crippen LogP contribution in [0.15, 0.2) is 48.5 Å². The molecule has 24 heavy (non-hydrogen) atoms. The second-order valence-electron chi connectivity index (χ2n) is 6.15. The van der Waals surface area contributed by atoms with Crippen LogP contribution in [0, 0.1) is 11.6 Å². The summed E-state index contributed by atoms with van der Waals surface area (Å²) in [6.07, 6.45) is 1.34. The zero-order chi connectivity index (χ0) is 16.9. The number of benzene rings is 2. The summed E-state index contributed by atoms with van der Waals surface area (Å²) in [6, 6.07) is 13.1. The summed E-state index contributed by atoms with van der Waals surface area (Å²) in [6.45, 7) is 0.822. The van der Waals surface area contributed by atoms with E-state index in [1.807, 2.05) is 0 Å². The van der Waals surface area contributed by atoms with Gasteiger partial charge in [-0.25, -0.2) is 8.78 Å².